The Kier molecular flexibility index (Phi) is 15.6. The Balaban J connectivity index is 1.89. The molecule has 0 spiro atoms. The van der Waals surface area contributed by atoms with Crippen molar-refractivity contribution in [3.8, 4) is 0 Å². The zero-order chi connectivity index (χ0) is 37.7. The number of allylic oxidation sites excluding steroid dienone is 3. The first-order valence-corrected chi connectivity index (χ1v) is 18.1. The molecule has 5 N–H and O–H groups in total. The van der Waals surface area contributed by atoms with Gasteiger partial charge in [-0.25, -0.2) is 0 Å². The molecule has 0 saturated carbocycles. The van der Waals surface area contributed by atoms with Gasteiger partial charge in [0.25, 0.3) is 0 Å². The van der Waals surface area contributed by atoms with Gasteiger partial charge in [0.05, 0.1) is 49.1 Å². The number of cyclic esters (lactones) is 1. The van der Waals surface area contributed by atoms with Crippen molar-refractivity contribution in [3.05, 3.63) is 23.8 Å². The van der Waals surface area contributed by atoms with Crippen LogP contribution in [-0.2, 0) is 33.3 Å². The van der Waals surface area contributed by atoms with E-state index in [0.717, 1.165) is 5.57 Å². The van der Waals surface area contributed by atoms with Gasteiger partial charge < -0.3 is 54.1 Å². The number of rotatable bonds is 7. The van der Waals surface area contributed by atoms with Crippen LogP contribution in [0, 0.1) is 23.7 Å². The van der Waals surface area contributed by atoms with Crippen LogP contribution < -0.4 is 0 Å². The van der Waals surface area contributed by atoms with Crippen LogP contribution in [0.25, 0.3) is 0 Å². The van der Waals surface area contributed by atoms with Crippen molar-refractivity contribution < 1.29 is 58.8 Å². The third-order valence-corrected chi connectivity index (χ3v) is 10.6. The Labute approximate surface area is 297 Å². The van der Waals surface area contributed by atoms with Crippen molar-refractivity contribution in [1.29, 1.82) is 0 Å². The first kappa shape index (κ1) is 42.6. The van der Waals surface area contributed by atoms with Crippen molar-refractivity contribution in [2.45, 2.75) is 154 Å². The van der Waals surface area contributed by atoms with Crippen LogP contribution in [0.1, 0.15) is 81.1 Å². The maximum Gasteiger partial charge on any atom is 0.308 e. The van der Waals surface area contributed by atoms with E-state index in [4.69, 9.17) is 23.7 Å². The molecule has 0 bridgehead atoms. The van der Waals surface area contributed by atoms with Gasteiger partial charge >= 0.3 is 5.97 Å². The highest BCUT2D eigenvalue weighted by Gasteiger charge is 2.51. The molecule has 0 aliphatic carbocycles. The van der Waals surface area contributed by atoms with E-state index in [0.29, 0.717) is 12.8 Å². The van der Waals surface area contributed by atoms with E-state index in [1.54, 1.807) is 51.9 Å². The van der Waals surface area contributed by atoms with Gasteiger partial charge in [0.2, 0.25) is 0 Å². The summed E-state index contributed by atoms with van der Waals surface area (Å²) in [5.41, 5.74) is -0.693. The summed E-state index contributed by atoms with van der Waals surface area (Å²) < 4.78 is 30.8. The molecule has 50 heavy (non-hydrogen) atoms. The highest BCUT2D eigenvalue weighted by molar-refractivity contribution is 5.91. The Morgan fingerprint density at radius 1 is 0.980 bits per heavy atom. The molecule has 3 heterocycles. The predicted molar refractivity (Wildman–Crippen MR) is 185 cm³/mol. The van der Waals surface area contributed by atoms with Gasteiger partial charge in [-0.1, -0.05) is 45.4 Å². The molecule has 0 aromatic heterocycles. The summed E-state index contributed by atoms with van der Waals surface area (Å²) in [5.74, 6) is -2.57. The van der Waals surface area contributed by atoms with Crippen molar-refractivity contribution >= 4 is 11.8 Å². The minimum Gasteiger partial charge on any atom is -0.462 e. The maximum atomic E-state index is 13.2. The van der Waals surface area contributed by atoms with Gasteiger partial charge in [-0.15, -0.1) is 0 Å². The molecule has 3 aliphatic rings. The maximum absolute atomic E-state index is 13.2. The van der Waals surface area contributed by atoms with Crippen molar-refractivity contribution in [2.75, 3.05) is 20.7 Å². The van der Waals surface area contributed by atoms with Crippen LogP contribution in [0.4, 0.5) is 0 Å². The first-order chi connectivity index (χ1) is 23.3. The summed E-state index contributed by atoms with van der Waals surface area (Å²) in [4.78, 5) is 28.1. The molecule has 16 atom stereocenters. The molecule has 3 aliphatic heterocycles. The smallest absolute Gasteiger partial charge is 0.308 e. The Morgan fingerprint density at radius 2 is 1.64 bits per heavy atom. The Bertz CT molecular complexity index is 1180. The van der Waals surface area contributed by atoms with E-state index >= 15 is 0 Å². The van der Waals surface area contributed by atoms with E-state index in [-0.39, 0.29) is 31.1 Å². The normalized spacial score (nSPS) is 46.2. The monoisotopic (exact) mass is 713 g/mol. The summed E-state index contributed by atoms with van der Waals surface area (Å²) in [6, 6.07) is -0.649. The Morgan fingerprint density at radius 3 is 2.22 bits per heavy atom. The number of carbonyl (C=O) groups excluding carboxylic acids is 2. The van der Waals surface area contributed by atoms with Gasteiger partial charge in [-0.05, 0) is 66.6 Å². The van der Waals surface area contributed by atoms with E-state index in [1.165, 1.54) is 13.0 Å². The number of esters is 1. The molecular weight excluding hydrogens is 650 g/mol. The molecule has 288 valence electrons. The average Bonchev–Trinajstić information content (AvgIpc) is 3.03. The molecule has 3 rings (SSSR count). The third-order valence-electron chi connectivity index (χ3n) is 10.6. The average molecular weight is 714 g/mol. The number of aliphatic hydroxyl groups excluding tert-OH is 4. The highest BCUT2D eigenvalue weighted by Crippen LogP contribution is 2.36. The quantitative estimate of drug-likeness (QED) is 0.242. The lowest BCUT2D eigenvalue weighted by Gasteiger charge is -2.50. The topological polar surface area (TPSA) is 185 Å². The molecule has 0 aromatic carbocycles. The number of hydrogen-bond donors (Lipinski definition) is 5. The summed E-state index contributed by atoms with van der Waals surface area (Å²) in [6.07, 6.45) is -3.47. The zero-order valence-corrected chi connectivity index (χ0v) is 31.5. The fourth-order valence-electron chi connectivity index (χ4n) is 7.54. The minimum absolute atomic E-state index is 0.0108. The van der Waals surface area contributed by atoms with Crippen LogP contribution in [0.5, 0.6) is 0 Å². The largest absolute Gasteiger partial charge is 0.462 e. The highest BCUT2D eigenvalue weighted by atomic mass is 16.7. The molecule has 2 saturated heterocycles. The van der Waals surface area contributed by atoms with Crippen molar-refractivity contribution in [3.63, 3.8) is 0 Å². The van der Waals surface area contributed by atoms with Crippen molar-refractivity contribution in [2.24, 2.45) is 23.7 Å². The predicted octanol–water partition coefficient (Wildman–Crippen LogP) is 2.10. The molecule has 0 amide bonds. The number of nitrogens with zero attached hydrogens (tertiary/aromatic N) is 1. The van der Waals surface area contributed by atoms with Gasteiger partial charge in [0.1, 0.15) is 24.4 Å². The second-order valence-electron chi connectivity index (χ2n) is 15.3. The molecule has 13 heteroatoms. The van der Waals surface area contributed by atoms with Crippen LogP contribution >= 0.6 is 0 Å². The van der Waals surface area contributed by atoms with Gasteiger partial charge in [0, 0.05) is 24.2 Å². The van der Waals surface area contributed by atoms with E-state index in [1.807, 2.05) is 27.7 Å². The van der Waals surface area contributed by atoms with E-state index in [2.05, 4.69) is 0 Å². The number of carbonyl (C=O) groups is 2. The first-order valence-electron chi connectivity index (χ1n) is 18.1. The fraction of sp³-hybridized carbons (Fsp3) is 0.838. The molecular formula is C37H63NO12. The van der Waals surface area contributed by atoms with Crippen LogP contribution in [-0.4, -0.2) is 136 Å². The lowest BCUT2D eigenvalue weighted by atomic mass is 9.82. The second-order valence-corrected chi connectivity index (χ2v) is 15.3. The van der Waals surface area contributed by atoms with Crippen LogP contribution in [0.15, 0.2) is 23.8 Å². The summed E-state index contributed by atoms with van der Waals surface area (Å²) >= 11 is 0. The molecule has 0 radical (unpaired) electrons. The summed E-state index contributed by atoms with van der Waals surface area (Å²) in [5, 5.41) is 54.3. The number of aliphatic hydroxyl groups is 5. The summed E-state index contributed by atoms with van der Waals surface area (Å²) in [7, 11) is 3.58. The number of ether oxygens (including phenoxy) is 5. The fourth-order valence-corrected chi connectivity index (χ4v) is 7.54. The van der Waals surface area contributed by atoms with Crippen LogP contribution in [0.2, 0.25) is 0 Å². The van der Waals surface area contributed by atoms with Gasteiger partial charge in [0.15, 0.2) is 18.4 Å². The standard InChI is InChI=1S/C37H63NO12/c1-11-28-25(18-39)14-19(2)12-13-26(40)20(3)15-21(4)33(22(5)27(41)16-29(42)48-28)50-36-32(43)31(38(9)10)34(23(6)47-36)49-30-17-37(8,45)35(44)24(7)46-30/h12-14,20-25,27-28,30-36,39,41,43-45H,11,15-18H2,1-10H3/b13-12+,19-14+/t20-,21+,22+,23?,24?,25-,27-,28-,30+,31?,32?,33+,34?,35?,36+,37?/m1/s1. The number of ketones is 1. The second kappa shape index (κ2) is 18.3. The van der Waals surface area contributed by atoms with Crippen LogP contribution in [0.3, 0.4) is 0 Å². The molecule has 13 nitrogen and oxygen atoms in total. The van der Waals surface area contributed by atoms with Gasteiger partial charge in [-0.3, -0.25) is 9.59 Å². The zero-order valence-electron chi connectivity index (χ0n) is 31.5. The van der Waals surface area contributed by atoms with E-state index < -0.39 is 96.8 Å². The van der Waals surface area contributed by atoms with Crippen molar-refractivity contribution in [1.82, 2.24) is 4.90 Å². The molecule has 7 unspecified atom stereocenters. The molecule has 2 fully saturated rings. The lowest BCUT2D eigenvalue weighted by molar-refractivity contribution is -0.341. The van der Waals surface area contributed by atoms with E-state index in [9.17, 15) is 35.1 Å². The van der Waals surface area contributed by atoms with Gasteiger partial charge in [-0.2, -0.15) is 0 Å². The Hall–Kier alpha value is -1.78. The SMILES string of the molecule is CC[C@H]1OC(=O)C[C@@H](O)[C@H](C)[C@@H](O[C@@H]2OC(C)C(O[C@H]3CC(C)(O)C(O)C(C)O3)C(N(C)C)C2O)[C@@H](C)C[C@@H](C)C(=O)/C=C/C(C)=C/[C@@H]1CO. The molecule has 0 aromatic rings. The lowest BCUT2D eigenvalue weighted by Crippen LogP contribution is -2.65. The summed E-state index contributed by atoms with van der Waals surface area (Å²) in [6.45, 7) is 13.9. The number of likely N-dealkylation sites (N-methyl/N-ethyl adjacent to an activating group) is 1. The third kappa shape index (κ3) is 10.6. The number of hydrogen-bond acceptors (Lipinski definition) is 13. The minimum atomic E-state index is -1.44.